The highest BCUT2D eigenvalue weighted by Crippen LogP contribution is 2.20. The third kappa shape index (κ3) is 2.42. The van der Waals surface area contributed by atoms with Crippen molar-refractivity contribution in [2.24, 2.45) is 0 Å². The summed E-state index contributed by atoms with van der Waals surface area (Å²) in [5.74, 6) is -0.253. The molecule has 1 rings (SSSR count). The first-order chi connectivity index (χ1) is 6.32. The Morgan fingerprint density at radius 1 is 1.43 bits per heavy atom. The van der Waals surface area contributed by atoms with E-state index in [4.69, 9.17) is 0 Å². The Morgan fingerprint density at radius 2 is 2.00 bits per heavy atom. The van der Waals surface area contributed by atoms with E-state index in [0.29, 0.717) is 5.56 Å². The van der Waals surface area contributed by atoms with E-state index in [1.165, 1.54) is 13.8 Å². The quantitative estimate of drug-likeness (QED) is 0.827. The Kier molecular flexibility index (Phi) is 3.12. The van der Waals surface area contributed by atoms with Crippen molar-refractivity contribution in [3.05, 3.63) is 33.8 Å². The molecule has 0 unspecified atom stereocenters. The van der Waals surface area contributed by atoms with Crippen LogP contribution < -0.4 is 0 Å². The van der Waals surface area contributed by atoms with Crippen LogP contribution in [0, 0.1) is 6.92 Å². The number of aryl methyl sites for hydroxylation is 1. The predicted octanol–water partition coefficient (Wildman–Crippen LogP) is 2.71. The molecule has 0 amide bonds. The lowest BCUT2D eigenvalue weighted by Crippen LogP contribution is -2.31. The van der Waals surface area contributed by atoms with Gasteiger partial charge in [0.15, 0.2) is 5.78 Å². The Bertz CT molecular complexity index is 364. The standard InChI is InChI=1S/C11H13BrO2/c1-7-4-5-8(12)6-9(7)10(13)11(2,3)14/h4-6,14H,1-3H3. The Balaban J connectivity index is 3.19. The molecule has 0 heterocycles. The van der Waals surface area contributed by atoms with Crippen molar-refractivity contribution >= 4 is 21.7 Å². The van der Waals surface area contributed by atoms with Gasteiger partial charge in [-0.1, -0.05) is 22.0 Å². The first-order valence-electron chi connectivity index (χ1n) is 4.35. The average Bonchev–Trinajstić information content (AvgIpc) is 2.06. The van der Waals surface area contributed by atoms with E-state index in [0.717, 1.165) is 10.0 Å². The fourth-order valence-corrected chi connectivity index (χ4v) is 1.53. The van der Waals surface area contributed by atoms with Gasteiger partial charge in [-0.25, -0.2) is 0 Å². The lowest BCUT2D eigenvalue weighted by molar-refractivity contribution is 0.0487. The molecule has 0 radical (unpaired) electrons. The van der Waals surface area contributed by atoms with Gasteiger partial charge in [0.25, 0.3) is 0 Å². The minimum absolute atomic E-state index is 0.253. The fraction of sp³-hybridized carbons (Fsp3) is 0.364. The molecule has 1 aromatic rings. The minimum Gasteiger partial charge on any atom is -0.382 e. The molecule has 0 spiro atoms. The van der Waals surface area contributed by atoms with E-state index in [2.05, 4.69) is 15.9 Å². The molecule has 1 aromatic carbocycles. The largest absolute Gasteiger partial charge is 0.382 e. The van der Waals surface area contributed by atoms with Gasteiger partial charge >= 0.3 is 0 Å². The number of aliphatic hydroxyl groups is 1. The summed E-state index contributed by atoms with van der Waals surface area (Å²) in [6.07, 6.45) is 0. The molecular weight excluding hydrogens is 244 g/mol. The summed E-state index contributed by atoms with van der Waals surface area (Å²) in [4.78, 5) is 11.8. The maximum Gasteiger partial charge on any atom is 0.194 e. The predicted molar refractivity (Wildman–Crippen MR) is 59.5 cm³/mol. The third-order valence-corrected chi connectivity index (χ3v) is 2.49. The lowest BCUT2D eigenvalue weighted by Gasteiger charge is -2.17. The minimum atomic E-state index is -1.31. The lowest BCUT2D eigenvalue weighted by atomic mass is 9.94. The molecule has 0 saturated carbocycles. The summed E-state index contributed by atoms with van der Waals surface area (Å²) in [7, 11) is 0. The highest BCUT2D eigenvalue weighted by molar-refractivity contribution is 9.10. The zero-order chi connectivity index (χ0) is 10.9. The number of hydrogen-bond donors (Lipinski definition) is 1. The van der Waals surface area contributed by atoms with Crippen molar-refractivity contribution in [3.63, 3.8) is 0 Å². The van der Waals surface area contributed by atoms with Crippen LogP contribution in [0.25, 0.3) is 0 Å². The second-order valence-corrected chi connectivity index (χ2v) is 4.76. The van der Waals surface area contributed by atoms with Gasteiger partial charge in [0.2, 0.25) is 0 Å². The topological polar surface area (TPSA) is 37.3 Å². The first-order valence-corrected chi connectivity index (χ1v) is 5.15. The monoisotopic (exact) mass is 256 g/mol. The highest BCUT2D eigenvalue weighted by atomic mass is 79.9. The van der Waals surface area contributed by atoms with Gasteiger partial charge in [-0.3, -0.25) is 4.79 Å². The second kappa shape index (κ2) is 3.83. The van der Waals surface area contributed by atoms with Crippen LogP contribution in [-0.4, -0.2) is 16.5 Å². The smallest absolute Gasteiger partial charge is 0.194 e. The number of benzene rings is 1. The van der Waals surface area contributed by atoms with E-state index in [1.54, 1.807) is 6.07 Å². The van der Waals surface area contributed by atoms with Gasteiger partial charge in [0, 0.05) is 10.0 Å². The van der Waals surface area contributed by atoms with E-state index < -0.39 is 5.60 Å². The molecule has 1 N–H and O–H groups in total. The number of hydrogen-bond acceptors (Lipinski definition) is 2. The Hall–Kier alpha value is -0.670. The number of ketones is 1. The van der Waals surface area contributed by atoms with Crippen molar-refractivity contribution in [2.75, 3.05) is 0 Å². The van der Waals surface area contributed by atoms with Crippen LogP contribution in [-0.2, 0) is 0 Å². The zero-order valence-corrected chi connectivity index (χ0v) is 10.1. The molecule has 0 bridgehead atoms. The van der Waals surface area contributed by atoms with Crippen LogP contribution in [0.2, 0.25) is 0 Å². The summed E-state index contributed by atoms with van der Waals surface area (Å²) in [5, 5.41) is 9.59. The van der Waals surface area contributed by atoms with Crippen LogP contribution >= 0.6 is 15.9 Å². The van der Waals surface area contributed by atoms with Gasteiger partial charge in [-0.2, -0.15) is 0 Å². The van der Waals surface area contributed by atoms with Crippen LogP contribution in [0.5, 0.6) is 0 Å². The van der Waals surface area contributed by atoms with Gasteiger partial charge in [0.1, 0.15) is 5.60 Å². The molecule has 0 aliphatic carbocycles. The van der Waals surface area contributed by atoms with E-state index in [1.807, 2.05) is 19.1 Å². The molecule has 3 heteroatoms. The number of Topliss-reactive ketones (excluding diaryl/α,β-unsaturated/α-hetero) is 1. The summed E-state index contributed by atoms with van der Waals surface area (Å²) in [5.41, 5.74) is 0.123. The van der Waals surface area contributed by atoms with Crippen LogP contribution in [0.1, 0.15) is 29.8 Å². The van der Waals surface area contributed by atoms with Gasteiger partial charge in [-0.05, 0) is 38.5 Å². The van der Waals surface area contributed by atoms with Crippen LogP contribution in [0.4, 0.5) is 0 Å². The summed E-state index contributed by atoms with van der Waals surface area (Å²) in [6, 6.07) is 5.45. The SMILES string of the molecule is Cc1ccc(Br)cc1C(=O)C(C)(C)O. The Morgan fingerprint density at radius 3 is 2.50 bits per heavy atom. The van der Waals surface area contributed by atoms with Gasteiger partial charge < -0.3 is 5.11 Å². The van der Waals surface area contributed by atoms with Crippen LogP contribution in [0.3, 0.4) is 0 Å². The average molecular weight is 257 g/mol. The van der Waals surface area contributed by atoms with Crippen LogP contribution in [0.15, 0.2) is 22.7 Å². The Labute approximate surface area is 92.1 Å². The highest BCUT2D eigenvalue weighted by Gasteiger charge is 2.26. The van der Waals surface area contributed by atoms with E-state index in [9.17, 15) is 9.90 Å². The summed E-state index contributed by atoms with van der Waals surface area (Å²) >= 11 is 3.30. The third-order valence-electron chi connectivity index (χ3n) is 2.00. The molecule has 0 aliphatic heterocycles. The zero-order valence-electron chi connectivity index (χ0n) is 8.47. The first kappa shape index (κ1) is 11.4. The van der Waals surface area contributed by atoms with Crippen molar-refractivity contribution in [2.45, 2.75) is 26.4 Å². The molecule has 0 saturated heterocycles. The molecule has 0 aliphatic rings. The van der Waals surface area contributed by atoms with Gasteiger partial charge in [0.05, 0.1) is 0 Å². The maximum atomic E-state index is 11.8. The molecule has 2 nitrogen and oxygen atoms in total. The van der Waals surface area contributed by atoms with E-state index >= 15 is 0 Å². The molecule has 0 aromatic heterocycles. The maximum absolute atomic E-state index is 11.8. The molecule has 0 fully saturated rings. The molecule has 14 heavy (non-hydrogen) atoms. The van der Waals surface area contributed by atoms with Crippen molar-refractivity contribution in [3.8, 4) is 0 Å². The van der Waals surface area contributed by atoms with E-state index in [-0.39, 0.29) is 5.78 Å². The van der Waals surface area contributed by atoms with Crippen molar-refractivity contribution in [1.29, 1.82) is 0 Å². The van der Waals surface area contributed by atoms with Crippen molar-refractivity contribution in [1.82, 2.24) is 0 Å². The number of halogens is 1. The number of rotatable bonds is 2. The van der Waals surface area contributed by atoms with Gasteiger partial charge in [-0.15, -0.1) is 0 Å². The summed E-state index contributed by atoms with van der Waals surface area (Å²) < 4.78 is 0.843. The number of carbonyl (C=O) groups is 1. The molecular formula is C11H13BrO2. The fourth-order valence-electron chi connectivity index (χ4n) is 1.17. The molecule has 76 valence electrons. The van der Waals surface area contributed by atoms with Crippen molar-refractivity contribution < 1.29 is 9.90 Å². The second-order valence-electron chi connectivity index (χ2n) is 3.85. The normalized spacial score (nSPS) is 11.5. The summed E-state index contributed by atoms with van der Waals surface area (Å²) in [6.45, 7) is 4.84. The molecule has 0 atom stereocenters. The number of carbonyl (C=O) groups excluding carboxylic acids is 1.